The first-order valence-corrected chi connectivity index (χ1v) is 14.6. The minimum absolute atomic E-state index is 0.0110. The molecule has 1 amide bonds. The molecule has 9 nitrogen and oxygen atoms in total. The smallest absolute Gasteiger partial charge is 0.334 e. The molecule has 0 radical (unpaired) electrons. The molecule has 0 saturated carbocycles. The van der Waals surface area contributed by atoms with E-state index in [1.165, 1.54) is 12.1 Å². The number of dihydropyridines is 1. The first-order chi connectivity index (χ1) is 19.0. The van der Waals surface area contributed by atoms with Gasteiger partial charge in [-0.05, 0) is 56.0 Å². The first kappa shape index (κ1) is 30.0. The molecule has 1 saturated heterocycles. The van der Waals surface area contributed by atoms with E-state index in [0.29, 0.717) is 18.0 Å². The fourth-order valence-electron chi connectivity index (χ4n) is 5.08. The quantitative estimate of drug-likeness (QED) is 0.368. The second-order valence-electron chi connectivity index (χ2n) is 9.81. The number of amides is 1. The Bertz CT molecular complexity index is 1360. The maximum Gasteiger partial charge on any atom is 0.334 e. The number of likely N-dealkylation sites (N-methyl/N-ethyl adjacent to an activating group) is 1. The van der Waals surface area contributed by atoms with Crippen LogP contribution in [-0.2, 0) is 25.6 Å². The lowest BCUT2D eigenvalue weighted by Gasteiger charge is -2.32. The van der Waals surface area contributed by atoms with E-state index >= 15 is 0 Å². The zero-order chi connectivity index (χ0) is 29.1. The van der Waals surface area contributed by atoms with Gasteiger partial charge in [-0.25, -0.2) is 9.59 Å². The van der Waals surface area contributed by atoms with Crippen molar-refractivity contribution in [1.82, 2.24) is 15.1 Å². The monoisotopic (exact) mass is 605 g/mol. The van der Waals surface area contributed by atoms with Crippen molar-refractivity contribution in [3.05, 3.63) is 86.7 Å². The Morgan fingerprint density at radius 3 is 2.15 bits per heavy atom. The Balaban J connectivity index is 1.83. The Morgan fingerprint density at radius 2 is 1.60 bits per heavy atom. The van der Waals surface area contributed by atoms with Gasteiger partial charge in [0.25, 0.3) is 0 Å². The van der Waals surface area contributed by atoms with Gasteiger partial charge in [0.2, 0.25) is 5.91 Å². The molecule has 0 aromatic heterocycles. The number of rotatable bonds is 9. The summed E-state index contributed by atoms with van der Waals surface area (Å²) in [5.74, 6) is -4.84. The minimum atomic E-state index is -1.68. The van der Waals surface area contributed by atoms with Crippen molar-refractivity contribution in [3.8, 4) is 0 Å². The average molecular weight is 607 g/mol. The molecule has 2 aliphatic heterocycles. The molecule has 12 heteroatoms. The number of halogens is 2. The van der Waals surface area contributed by atoms with Gasteiger partial charge < -0.3 is 29.9 Å². The molecular weight excluding hydrogens is 577 g/mol. The SMILES string of the molecule is CN(C)C1CCN(C(=O)CC2=C(C(=O)O)C(c3c(Cl)cccc3Cl)C(C(=O)O)=C(C[S@+]([O-])c3ccccc3)N2)C1. The number of carbonyl (C=O) groups excluding carboxylic acids is 1. The second-order valence-corrected chi connectivity index (χ2v) is 12.1. The fraction of sp³-hybridized carbons (Fsp3) is 0.321. The van der Waals surface area contributed by atoms with Gasteiger partial charge in [-0.15, -0.1) is 0 Å². The van der Waals surface area contributed by atoms with Gasteiger partial charge in [-0.2, -0.15) is 0 Å². The molecule has 3 N–H and O–H groups in total. The number of nitrogens with zero attached hydrogens (tertiary/aromatic N) is 2. The Hall–Kier alpha value is -3.02. The average Bonchev–Trinajstić information content (AvgIpc) is 3.40. The van der Waals surface area contributed by atoms with Crippen LogP contribution in [0.2, 0.25) is 10.0 Å². The maximum atomic E-state index is 13.4. The third-order valence-corrected chi connectivity index (χ3v) is 9.14. The van der Waals surface area contributed by atoms with Crippen LogP contribution in [0.4, 0.5) is 0 Å². The summed E-state index contributed by atoms with van der Waals surface area (Å²) < 4.78 is 13.3. The number of carboxylic acid groups (broad SMARTS) is 2. The van der Waals surface area contributed by atoms with E-state index < -0.39 is 29.0 Å². The molecule has 1 fully saturated rings. The molecule has 2 heterocycles. The van der Waals surface area contributed by atoms with Crippen molar-refractivity contribution >= 4 is 52.2 Å². The fourth-order valence-corrected chi connectivity index (χ4v) is 6.82. The zero-order valence-corrected chi connectivity index (χ0v) is 24.2. The molecule has 3 atom stereocenters. The summed E-state index contributed by atoms with van der Waals surface area (Å²) >= 11 is 11.3. The molecule has 2 aromatic carbocycles. The lowest BCUT2D eigenvalue weighted by molar-refractivity contribution is -0.133. The van der Waals surface area contributed by atoms with Crippen molar-refractivity contribution in [2.24, 2.45) is 0 Å². The van der Waals surface area contributed by atoms with Crippen molar-refractivity contribution < 1.29 is 29.1 Å². The third kappa shape index (κ3) is 6.31. The summed E-state index contributed by atoms with van der Waals surface area (Å²) in [4.78, 5) is 43.0. The van der Waals surface area contributed by atoms with Crippen LogP contribution >= 0.6 is 23.2 Å². The lowest BCUT2D eigenvalue weighted by atomic mass is 9.79. The van der Waals surface area contributed by atoms with Crippen molar-refractivity contribution in [1.29, 1.82) is 0 Å². The predicted octanol–water partition coefficient (Wildman–Crippen LogP) is 3.72. The Morgan fingerprint density at radius 1 is 1.00 bits per heavy atom. The molecule has 0 aliphatic carbocycles. The van der Waals surface area contributed by atoms with Crippen LogP contribution in [0.3, 0.4) is 0 Å². The largest absolute Gasteiger partial charge is 0.611 e. The number of carboxylic acids is 2. The number of carbonyl (C=O) groups is 3. The Labute approximate surface area is 245 Å². The highest BCUT2D eigenvalue weighted by molar-refractivity contribution is 7.91. The topological polar surface area (TPSA) is 133 Å². The van der Waals surface area contributed by atoms with Crippen LogP contribution in [0, 0.1) is 0 Å². The van der Waals surface area contributed by atoms with Crippen LogP contribution in [0.1, 0.15) is 24.3 Å². The van der Waals surface area contributed by atoms with E-state index in [0.717, 1.165) is 6.42 Å². The highest BCUT2D eigenvalue weighted by Crippen LogP contribution is 2.45. The molecule has 40 heavy (non-hydrogen) atoms. The summed E-state index contributed by atoms with van der Waals surface area (Å²) in [6.07, 6.45) is 0.452. The summed E-state index contributed by atoms with van der Waals surface area (Å²) in [5, 5.41) is 23.8. The molecule has 0 spiro atoms. The number of hydrogen-bond donors (Lipinski definition) is 3. The summed E-state index contributed by atoms with van der Waals surface area (Å²) in [6, 6.07) is 13.2. The van der Waals surface area contributed by atoms with Crippen LogP contribution in [0.5, 0.6) is 0 Å². The maximum absolute atomic E-state index is 13.4. The highest BCUT2D eigenvalue weighted by Gasteiger charge is 2.42. The number of aliphatic carboxylic acids is 2. The van der Waals surface area contributed by atoms with E-state index in [-0.39, 0.29) is 62.3 Å². The van der Waals surface area contributed by atoms with Crippen LogP contribution in [0.25, 0.3) is 0 Å². The van der Waals surface area contributed by atoms with E-state index in [4.69, 9.17) is 23.2 Å². The van der Waals surface area contributed by atoms with Crippen molar-refractivity contribution in [2.45, 2.75) is 29.7 Å². The number of benzene rings is 2. The molecule has 2 aromatic rings. The van der Waals surface area contributed by atoms with Crippen LogP contribution in [0.15, 0.2) is 76.0 Å². The van der Waals surface area contributed by atoms with Crippen molar-refractivity contribution in [3.63, 3.8) is 0 Å². The van der Waals surface area contributed by atoms with Gasteiger partial charge in [0, 0.05) is 40.4 Å². The van der Waals surface area contributed by atoms with E-state index in [1.54, 1.807) is 41.3 Å². The van der Waals surface area contributed by atoms with E-state index in [2.05, 4.69) is 5.32 Å². The molecule has 212 valence electrons. The first-order valence-electron chi connectivity index (χ1n) is 12.5. The number of hydrogen-bond acceptors (Lipinski definition) is 6. The lowest BCUT2D eigenvalue weighted by Crippen LogP contribution is -2.39. The molecular formula is C28H29Cl2N3O6S. The normalized spacial score (nSPS) is 20.1. The summed E-state index contributed by atoms with van der Waals surface area (Å²) in [5.41, 5.74) is -0.572. The van der Waals surface area contributed by atoms with E-state index in [9.17, 15) is 29.1 Å². The van der Waals surface area contributed by atoms with Gasteiger partial charge in [0.1, 0.15) is 0 Å². The zero-order valence-electron chi connectivity index (χ0n) is 21.9. The van der Waals surface area contributed by atoms with E-state index in [1.807, 2.05) is 19.0 Å². The highest BCUT2D eigenvalue weighted by atomic mass is 35.5. The second kappa shape index (κ2) is 12.7. The number of nitrogens with one attached hydrogen (secondary N) is 1. The standard InChI is InChI=1S/C28H29Cl2N3O6S/c1-32(2)16-11-12-33(14-16)22(34)13-20-24(27(35)36)26(23-18(29)9-6-10-19(23)30)25(28(37)38)21(31-20)15-40(39)17-7-4-3-5-8-17/h3-10,16,26,31H,11-15H2,1-2H3,(H,35,36)(H,37,38)/t16?,26?,40-/m0/s1. The van der Waals surface area contributed by atoms with Gasteiger partial charge >= 0.3 is 11.9 Å². The molecule has 2 unspecified atom stereocenters. The predicted molar refractivity (Wildman–Crippen MR) is 153 cm³/mol. The van der Waals surface area contributed by atoms with Gasteiger partial charge in [0.05, 0.1) is 29.2 Å². The molecule has 4 rings (SSSR count). The Kier molecular flexibility index (Phi) is 9.48. The molecule has 0 bridgehead atoms. The summed E-state index contributed by atoms with van der Waals surface area (Å²) in [7, 11) is 3.86. The van der Waals surface area contributed by atoms with Crippen LogP contribution < -0.4 is 5.32 Å². The van der Waals surface area contributed by atoms with Gasteiger partial charge in [-0.3, -0.25) is 4.79 Å². The van der Waals surface area contributed by atoms with Crippen molar-refractivity contribution in [2.75, 3.05) is 32.9 Å². The van der Waals surface area contributed by atoms with Gasteiger partial charge in [0.15, 0.2) is 10.6 Å². The van der Waals surface area contributed by atoms with Gasteiger partial charge in [-0.1, -0.05) is 47.5 Å². The third-order valence-electron chi connectivity index (χ3n) is 7.13. The van der Waals surface area contributed by atoms with Crippen LogP contribution in [-0.4, -0.2) is 81.4 Å². The number of likely N-dealkylation sites (tertiary alicyclic amines) is 1. The summed E-state index contributed by atoms with van der Waals surface area (Å²) in [6.45, 7) is 1.00. The molecule has 2 aliphatic rings. The minimum Gasteiger partial charge on any atom is -0.611 e.